The summed E-state index contributed by atoms with van der Waals surface area (Å²) in [5.41, 5.74) is 6.47. The van der Waals surface area contributed by atoms with Gasteiger partial charge in [0.25, 0.3) is 0 Å². The molecule has 0 saturated carbocycles. The number of aromatic nitrogens is 1. The van der Waals surface area contributed by atoms with Gasteiger partial charge in [-0.25, -0.2) is 0 Å². The minimum Gasteiger partial charge on any atom is -0.360 e. The average Bonchev–Trinajstić information content (AvgIpc) is 3.09. The van der Waals surface area contributed by atoms with Crippen LogP contribution in [0.15, 0.2) is 54.2 Å². The Balaban J connectivity index is 1.77. The van der Waals surface area contributed by atoms with Crippen LogP contribution in [0.2, 0.25) is 5.02 Å². The fourth-order valence-electron chi connectivity index (χ4n) is 3.31. The van der Waals surface area contributed by atoms with Gasteiger partial charge in [0, 0.05) is 17.2 Å². The number of carbonyl (C=O) groups is 1. The summed E-state index contributed by atoms with van der Waals surface area (Å²) in [5.74, 6) is 0. The van der Waals surface area contributed by atoms with Crippen LogP contribution in [0.4, 0.5) is 0 Å². The molecule has 4 rings (SSSR count). The van der Waals surface area contributed by atoms with Crippen molar-refractivity contribution in [1.29, 1.82) is 0 Å². The van der Waals surface area contributed by atoms with Gasteiger partial charge in [0.05, 0.1) is 10.5 Å². The second-order valence-electron chi connectivity index (χ2n) is 5.62. The number of halogens is 1. The van der Waals surface area contributed by atoms with E-state index in [4.69, 9.17) is 11.6 Å². The van der Waals surface area contributed by atoms with E-state index in [0.717, 1.165) is 46.2 Å². The number of H-pyrrole nitrogens is 1. The average molecular weight is 308 g/mol. The maximum absolute atomic E-state index is 11.5. The molecule has 1 aliphatic carbocycles. The van der Waals surface area contributed by atoms with Crippen molar-refractivity contribution in [3.63, 3.8) is 0 Å². The summed E-state index contributed by atoms with van der Waals surface area (Å²) in [7, 11) is 0. The van der Waals surface area contributed by atoms with Crippen molar-refractivity contribution in [2.24, 2.45) is 0 Å². The molecule has 0 fully saturated rings. The van der Waals surface area contributed by atoms with Gasteiger partial charge < -0.3 is 4.98 Å². The number of hydrogen-bond acceptors (Lipinski definition) is 1. The van der Waals surface area contributed by atoms with E-state index in [0.29, 0.717) is 0 Å². The van der Waals surface area contributed by atoms with E-state index < -0.39 is 0 Å². The number of hydrogen-bond donors (Lipinski definition) is 1. The van der Waals surface area contributed by atoms with Crippen LogP contribution in [-0.2, 0) is 17.6 Å². The zero-order valence-electron chi connectivity index (χ0n) is 11.9. The Morgan fingerprint density at radius 3 is 2.86 bits per heavy atom. The first-order valence-electron chi connectivity index (χ1n) is 7.28. The SMILES string of the molecule is O=CC1=C(Cc2c[nH]c3c(Cl)cccc23)Cc2ccccc21. The monoisotopic (exact) mass is 307 g/mol. The predicted molar refractivity (Wildman–Crippen MR) is 90.1 cm³/mol. The van der Waals surface area contributed by atoms with Gasteiger partial charge >= 0.3 is 0 Å². The molecule has 0 amide bonds. The van der Waals surface area contributed by atoms with Crippen LogP contribution in [-0.4, -0.2) is 11.3 Å². The lowest BCUT2D eigenvalue weighted by Gasteiger charge is -2.03. The highest BCUT2D eigenvalue weighted by Gasteiger charge is 2.21. The summed E-state index contributed by atoms with van der Waals surface area (Å²) >= 11 is 6.22. The zero-order valence-corrected chi connectivity index (χ0v) is 12.7. The number of aromatic amines is 1. The smallest absolute Gasteiger partial charge is 0.150 e. The molecular formula is C19H14ClNO. The van der Waals surface area contributed by atoms with Crippen LogP contribution < -0.4 is 0 Å². The summed E-state index contributed by atoms with van der Waals surface area (Å²) in [6.45, 7) is 0. The summed E-state index contributed by atoms with van der Waals surface area (Å²) in [6, 6.07) is 14.0. The maximum atomic E-state index is 11.5. The third kappa shape index (κ3) is 1.99. The number of rotatable bonds is 3. The van der Waals surface area contributed by atoms with Crippen LogP contribution in [0, 0.1) is 0 Å². The normalized spacial score (nSPS) is 13.7. The Bertz CT molecular complexity index is 920. The van der Waals surface area contributed by atoms with E-state index in [1.165, 1.54) is 16.7 Å². The number of carbonyl (C=O) groups excluding carboxylic acids is 1. The van der Waals surface area contributed by atoms with Crippen molar-refractivity contribution < 1.29 is 4.79 Å². The summed E-state index contributed by atoms with van der Waals surface area (Å²) in [5, 5.41) is 1.85. The van der Waals surface area contributed by atoms with Crippen molar-refractivity contribution in [2.75, 3.05) is 0 Å². The lowest BCUT2D eigenvalue weighted by molar-refractivity contribution is -0.103. The Labute approximate surface area is 133 Å². The lowest BCUT2D eigenvalue weighted by atomic mass is 10.0. The van der Waals surface area contributed by atoms with Crippen LogP contribution in [0.25, 0.3) is 16.5 Å². The van der Waals surface area contributed by atoms with Crippen molar-refractivity contribution in [1.82, 2.24) is 4.98 Å². The minimum absolute atomic E-state index is 0.725. The number of para-hydroxylation sites is 1. The van der Waals surface area contributed by atoms with Gasteiger partial charge in [0.1, 0.15) is 0 Å². The van der Waals surface area contributed by atoms with E-state index in [9.17, 15) is 4.79 Å². The minimum atomic E-state index is 0.725. The van der Waals surface area contributed by atoms with Gasteiger partial charge in [0.15, 0.2) is 6.29 Å². The van der Waals surface area contributed by atoms with Crippen LogP contribution >= 0.6 is 11.6 Å². The molecule has 2 nitrogen and oxygen atoms in total. The van der Waals surface area contributed by atoms with Crippen molar-refractivity contribution >= 4 is 34.4 Å². The standard InChI is InChI=1S/C19H14ClNO/c20-18-7-3-6-16-14(10-21-19(16)18)9-13-8-12-4-1-2-5-15(12)17(13)11-22/h1-7,10-11,21H,8-9H2. The van der Waals surface area contributed by atoms with E-state index in [1.807, 2.05) is 36.5 Å². The Kier molecular flexibility index (Phi) is 3.12. The lowest BCUT2D eigenvalue weighted by Crippen LogP contribution is -1.92. The highest BCUT2D eigenvalue weighted by Crippen LogP contribution is 2.35. The molecule has 0 aliphatic heterocycles. The highest BCUT2D eigenvalue weighted by atomic mass is 35.5. The molecule has 22 heavy (non-hydrogen) atoms. The molecule has 3 heteroatoms. The quantitative estimate of drug-likeness (QED) is 0.706. The topological polar surface area (TPSA) is 32.9 Å². The molecule has 0 spiro atoms. The molecular weight excluding hydrogens is 294 g/mol. The first-order valence-corrected chi connectivity index (χ1v) is 7.65. The van der Waals surface area contributed by atoms with Crippen LogP contribution in [0.1, 0.15) is 16.7 Å². The zero-order chi connectivity index (χ0) is 15.1. The van der Waals surface area contributed by atoms with Crippen molar-refractivity contribution in [3.05, 3.63) is 75.9 Å². The summed E-state index contributed by atoms with van der Waals surface area (Å²) in [6.07, 6.45) is 4.60. The van der Waals surface area contributed by atoms with Crippen LogP contribution in [0.5, 0.6) is 0 Å². The summed E-state index contributed by atoms with van der Waals surface area (Å²) < 4.78 is 0. The third-order valence-corrected chi connectivity index (χ3v) is 4.68. The van der Waals surface area contributed by atoms with Crippen molar-refractivity contribution in [3.8, 4) is 0 Å². The molecule has 0 bridgehead atoms. The molecule has 1 aromatic heterocycles. The third-order valence-electron chi connectivity index (χ3n) is 4.36. The van der Waals surface area contributed by atoms with Crippen molar-refractivity contribution in [2.45, 2.75) is 12.8 Å². The van der Waals surface area contributed by atoms with E-state index in [1.54, 1.807) is 0 Å². The Morgan fingerprint density at radius 2 is 2.00 bits per heavy atom. The van der Waals surface area contributed by atoms with Gasteiger partial charge in [-0.05, 0) is 35.6 Å². The highest BCUT2D eigenvalue weighted by molar-refractivity contribution is 6.35. The number of aldehydes is 1. The summed E-state index contributed by atoms with van der Waals surface area (Å²) in [4.78, 5) is 14.8. The fourth-order valence-corrected chi connectivity index (χ4v) is 3.54. The second kappa shape index (κ2) is 5.15. The number of fused-ring (bicyclic) bond motifs is 2. The molecule has 0 atom stereocenters. The Morgan fingerprint density at radius 1 is 1.14 bits per heavy atom. The van der Waals surface area contributed by atoms with Gasteiger partial charge in [-0.2, -0.15) is 0 Å². The molecule has 108 valence electrons. The largest absolute Gasteiger partial charge is 0.360 e. The maximum Gasteiger partial charge on any atom is 0.150 e. The molecule has 0 radical (unpaired) electrons. The van der Waals surface area contributed by atoms with Gasteiger partial charge in [-0.3, -0.25) is 4.79 Å². The molecule has 1 heterocycles. The predicted octanol–water partition coefficient (Wildman–Crippen LogP) is 4.57. The van der Waals surface area contributed by atoms with Crippen LogP contribution in [0.3, 0.4) is 0 Å². The van der Waals surface area contributed by atoms with E-state index in [-0.39, 0.29) is 0 Å². The second-order valence-corrected chi connectivity index (χ2v) is 6.03. The fraction of sp³-hybridized carbons (Fsp3) is 0.105. The molecule has 1 N–H and O–H groups in total. The first kappa shape index (κ1) is 13.4. The van der Waals surface area contributed by atoms with Gasteiger partial charge in [0.2, 0.25) is 0 Å². The molecule has 2 aromatic carbocycles. The number of allylic oxidation sites excluding steroid dienone is 2. The molecule has 0 unspecified atom stereocenters. The molecule has 1 aliphatic rings. The number of nitrogens with one attached hydrogen (secondary N) is 1. The van der Waals surface area contributed by atoms with Gasteiger partial charge in [-0.1, -0.05) is 53.6 Å². The first-order chi connectivity index (χ1) is 10.8. The number of benzene rings is 2. The van der Waals surface area contributed by atoms with Gasteiger partial charge in [-0.15, -0.1) is 0 Å². The van der Waals surface area contributed by atoms with E-state index in [2.05, 4.69) is 17.1 Å². The molecule has 3 aromatic rings. The van der Waals surface area contributed by atoms with E-state index >= 15 is 0 Å². The molecule has 0 saturated heterocycles. The Hall–Kier alpha value is -2.32.